The lowest BCUT2D eigenvalue weighted by Gasteiger charge is -2.20. The Morgan fingerprint density at radius 1 is 1.36 bits per heavy atom. The summed E-state index contributed by atoms with van der Waals surface area (Å²) >= 11 is 0. The van der Waals surface area contributed by atoms with Gasteiger partial charge in [0.25, 0.3) is 0 Å². The minimum atomic E-state index is -0.737. The van der Waals surface area contributed by atoms with Crippen LogP contribution >= 0.6 is 0 Å². The molecule has 4 nitrogen and oxygen atoms in total. The molecule has 2 rings (SSSR count). The summed E-state index contributed by atoms with van der Waals surface area (Å²) in [6.07, 6.45) is 1.53. The summed E-state index contributed by atoms with van der Waals surface area (Å²) in [6.45, 7) is 4.21. The van der Waals surface area contributed by atoms with Crippen LogP contribution in [0.4, 0.5) is 4.39 Å². The Morgan fingerprint density at radius 3 is 2.59 bits per heavy atom. The van der Waals surface area contributed by atoms with Crippen LogP contribution in [0.25, 0.3) is 0 Å². The zero-order valence-electron chi connectivity index (χ0n) is 13.1. The fourth-order valence-electron chi connectivity index (χ4n) is 2.22. The van der Waals surface area contributed by atoms with E-state index in [1.165, 1.54) is 25.0 Å². The molecule has 0 bridgehead atoms. The second-order valence-electron chi connectivity index (χ2n) is 6.13. The minimum absolute atomic E-state index is 0.167. The number of aliphatic hydroxyl groups is 1. The highest BCUT2D eigenvalue weighted by atomic mass is 19.1. The summed E-state index contributed by atoms with van der Waals surface area (Å²) in [5.41, 5.74) is 0.639. The van der Waals surface area contributed by atoms with E-state index in [-0.39, 0.29) is 17.8 Å². The average molecular weight is 309 g/mol. The van der Waals surface area contributed by atoms with Gasteiger partial charge in [0.2, 0.25) is 5.91 Å². The monoisotopic (exact) mass is 309 g/mol. The van der Waals surface area contributed by atoms with Crippen LogP contribution < -0.4 is 5.32 Å². The van der Waals surface area contributed by atoms with Crippen molar-refractivity contribution in [1.29, 1.82) is 0 Å². The molecule has 3 unspecified atom stereocenters. The topological polar surface area (TPSA) is 58.6 Å². The van der Waals surface area contributed by atoms with Crippen LogP contribution in [0.2, 0.25) is 0 Å². The highest BCUT2D eigenvalue weighted by Crippen LogP contribution is 2.29. The molecule has 1 fully saturated rings. The van der Waals surface area contributed by atoms with Gasteiger partial charge in [0, 0.05) is 6.04 Å². The van der Waals surface area contributed by atoms with E-state index in [1.54, 1.807) is 19.1 Å². The molecule has 1 aliphatic rings. The Labute approximate surface area is 130 Å². The van der Waals surface area contributed by atoms with Gasteiger partial charge in [-0.3, -0.25) is 4.79 Å². The fraction of sp³-hybridized carbons (Fsp3) is 0.588. The fourth-order valence-corrected chi connectivity index (χ4v) is 2.22. The lowest BCUT2D eigenvalue weighted by Crippen LogP contribution is -2.40. The molecule has 1 aromatic rings. The van der Waals surface area contributed by atoms with Gasteiger partial charge in [0.15, 0.2) is 0 Å². The number of hydrogen-bond donors (Lipinski definition) is 2. The van der Waals surface area contributed by atoms with E-state index in [2.05, 4.69) is 5.32 Å². The molecule has 3 atom stereocenters. The number of rotatable bonds is 8. The lowest BCUT2D eigenvalue weighted by atomic mass is 10.0. The summed E-state index contributed by atoms with van der Waals surface area (Å²) in [4.78, 5) is 12.0. The smallest absolute Gasteiger partial charge is 0.249 e. The first-order chi connectivity index (χ1) is 10.5. The molecule has 122 valence electrons. The molecular formula is C17H24FNO3. The van der Waals surface area contributed by atoms with Crippen molar-refractivity contribution in [2.24, 2.45) is 5.92 Å². The Morgan fingerprint density at radius 2 is 2.00 bits per heavy atom. The van der Waals surface area contributed by atoms with Gasteiger partial charge in [-0.05, 0) is 56.7 Å². The largest absolute Gasteiger partial charge is 0.388 e. The highest BCUT2D eigenvalue weighted by molar-refractivity contribution is 5.80. The van der Waals surface area contributed by atoms with Crippen molar-refractivity contribution in [1.82, 2.24) is 5.32 Å². The van der Waals surface area contributed by atoms with E-state index in [0.29, 0.717) is 24.5 Å². The third-order valence-electron chi connectivity index (χ3n) is 3.87. The van der Waals surface area contributed by atoms with Crippen LogP contribution in [-0.4, -0.2) is 29.8 Å². The van der Waals surface area contributed by atoms with Crippen LogP contribution in [0.1, 0.15) is 44.8 Å². The number of nitrogens with one attached hydrogen (secondary N) is 1. The first-order valence-corrected chi connectivity index (χ1v) is 7.81. The number of aliphatic hydroxyl groups excluding tert-OH is 1. The molecule has 0 heterocycles. The van der Waals surface area contributed by atoms with E-state index >= 15 is 0 Å². The number of hydrogen-bond acceptors (Lipinski definition) is 3. The Bertz CT molecular complexity index is 487. The number of amides is 1. The van der Waals surface area contributed by atoms with Crippen molar-refractivity contribution in [3.8, 4) is 0 Å². The van der Waals surface area contributed by atoms with Gasteiger partial charge in [0.1, 0.15) is 11.9 Å². The number of ether oxygens (including phenoxy) is 1. The Kier molecular flexibility index (Phi) is 5.91. The maximum atomic E-state index is 12.9. The average Bonchev–Trinajstić information content (AvgIpc) is 3.29. The number of carbonyl (C=O) groups is 1. The van der Waals surface area contributed by atoms with E-state index < -0.39 is 12.2 Å². The molecule has 22 heavy (non-hydrogen) atoms. The molecule has 0 aromatic heterocycles. The lowest BCUT2D eigenvalue weighted by molar-refractivity contribution is -0.132. The first kappa shape index (κ1) is 16.9. The zero-order chi connectivity index (χ0) is 16.1. The molecular weight excluding hydrogens is 285 g/mol. The van der Waals surface area contributed by atoms with Crippen LogP contribution in [0.5, 0.6) is 0 Å². The van der Waals surface area contributed by atoms with E-state index in [4.69, 9.17) is 4.74 Å². The van der Waals surface area contributed by atoms with Crippen molar-refractivity contribution in [3.63, 3.8) is 0 Å². The molecule has 5 heteroatoms. The molecule has 0 aliphatic heterocycles. The SMILES string of the molecule is CC(CC(O)c1ccc(F)cc1)NC(=O)C(C)OCC1CC1. The van der Waals surface area contributed by atoms with Gasteiger partial charge >= 0.3 is 0 Å². The Hall–Kier alpha value is -1.46. The molecule has 1 amide bonds. The zero-order valence-corrected chi connectivity index (χ0v) is 13.1. The van der Waals surface area contributed by atoms with E-state index in [0.717, 1.165) is 0 Å². The van der Waals surface area contributed by atoms with Gasteiger partial charge in [-0.2, -0.15) is 0 Å². The summed E-state index contributed by atoms with van der Waals surface area (Å²) in [5, 5.41) is 13.0. The maximum absolute atomic E-state index is 12.9. The molecule has 0 saturated heterocycles. The Balaban J connectivity index is 1.74. The minimum Gasteiger partial charge on any atom is -0.388 e. The summed E-state index contributed by atoms with van der Waals surface area (Å²) < 4.78 is 18.4. The van der Waals surface area contributed by atoms with Gasteiger partial charge in [-0.15, -0.1) is 0 Å². The van der Waals surface area contributed by atoms with Crippen molar-refractivity contribution in [3.05, 3.63) is 35.6 Å². The molecule has 1 saturated carbocycles. The second-order valence-corrected chi connectivity index (χ2v) is 6.13. The second kappa shape index (κ2) is 7.70. The summed E-state index contributed by atoms with van der Waals surface area (Å²) in [7, 11) is 0. The molecule has 0 radical (unpaired) electrons. The number of carbonyl (C=O) groups excluding carboxylic acids is 1. The first-order valence-electron chi connectivity index (χ1n) is 7.81. The quantitative estimate of drug-likeness (QED) is 0.776. The van der Waals surface area contributed by atoms with Crippen molar-refractivity contribution < 1.29 is 19.0 Å². The van der Waals surface area contributed by atoms with Crippen LogP contribution in [-0.2, 0) is 9.53 Å². The van der Waals surface area contributed by atoms with Gasteiger partial charge in [-0.1, -0.05) is 12.1 Å². The van der Waals surface area contributed by atoms with Gasteiger partial charge in [-0.25, -0.2) is 4.39 Å². The molecule has 2 N–H and O–H groups in total. The normalized spacial score (nSPS) is 18.5. The van der Waals surface area contributed by atoms with Gasteiger partial charge in [0.05, 0.1) is 12.7 Å². The number of halogens is 1. The number of benzene rings is 1. The molecule has 1 aromatic carbocycles. The van der Waals surface area contributed by atoms with E-state index in [1.807, 2.05) is 6.92 Å². The standard InChI is InChI=1S/C17H24FNO3/c1-11(9-16(20)14-5-7-15(18)8-6-14)19-17(21)12(2)22-10-13-3-4-13/h5-8,11-13,16,20H,3-4,9-10H2,1-2H3,(H,19,21). The highest BCUT2D eigenvalue weighted by Gasteiger charge is 2.24. The summed E-state index contributed by atoms with van der Waals surface area (Å²) in [5.74, 6) is 0.117. The van der Waals surface area contributed by atoms with Crippen molar-refractivity contribution in [2.75, 3.05) is 6.61 Å². The van der Waals surface area contributed by atoms with Crippen LogP contribution in [0.15, 0.2) is 24.3 Å². The maximum Gasteiger partial charge on any atom is 0.249 e. The third kappa shape index (κ3) is 5.39. The van der Waals surface area contributed by atoms with E-state index in [9.17, 15) is 14.3 Å². The van der Waals surface area contributed by atoms with Crippen molar-refractivity contribution in [2.45, 2.75) is 51.4 Å². The molecule has 1 aliphatic carbocycles. The van der Waals surface area contributed by atoms with Crippen molar-refractivity contribution >= 4 is 5.91 Å². The molecule has 0 spiro atoms. The van der Waals surface area contributed by atoms with Crippen LogP contribution in [0, 0.1) is 11.7 Å². The predicted molar refractivity (Wildman–Crippen MR) is 81.7 cm³/mol. The third-order valence-corrected chi connectivity index (χ3v) is 3.87. The van der Waals surface area contributed by atoms with Gasteiger partial charge < -0.3 is 15.2 Å². The summed E-state index contributed by atoms with van der Waals surface area (Å²) in [6, 6.07) is 5.54. The predicted octanol–water partition coefficient (Wildman–Crippen LogP) is 2.57. The van der Waals surface area contributed by atoms with Crippen LogP contribution in [0.3, 0.4) is 0 Å².